The van der Waals surface area contributed by atoms with Gasteiger partial charge in [0.05, 0.1) is 9.30 Å². The Kier molecular flexibility index (Phi) is 4.81. The molecule has 1 aromatic heterocycles. The predicted molar refractivity (Wildman–Crippen MR) is 90.4 cm³/mol. The second-order valence-electron chi connectivity index (χ2n) is 5.31. The summed E-state index contributed by atoms with van der Waals surface area (Å²) in [7, 11) is 0. The lowest BCUT2D eigenvalue weighted by Crippen LogP contribution is -1.97. The molecule has 0 bridgehead atoms. The molecule has 3 rings (SSSR count). The number of benzene rings is 1. The highest BCUT2D eigenvalue weighted by Gasteiger charge is 2.21. The van der Waals surface area contributed by atoms with Crippen molar-refractivity contribution in [3.05, 3.63) is 55.2 Å². The highest BCUT2D eigenvalue weighted by atomic mass is 79.9. The largest absolute Gasteiger partial charge is 0.207 e. The Morgan fingerprint density at radius 2 is 1.76 bits per heavy atom. The molecule has 2 aromatic rings. The minimum Gasteiger partial charge on any atom is -0.207 e. The Balaban J connectivity index is 1.95. The maximum Gasteiger partial charge on any atom is 0.137 e. The Bertz CT molecular complexity index is 643. The van der Waals surface area contributed by atoms with E-state index in [9.17, 15) is 8.78 Å². The first-order valence-corrected chi connectivity index (χ1v) is 9.49. The first-order valence-electron chi connectivity index (χ1n) is 6.96. The molecule has 0 saturated heterocycles. The Hall–Kier alpha value is -0.260. The molecule has 1 unspecified atom stereocenters. The van der Waals surface area contributed by atoms with Gasteiger partial charge in [0.1, 0.15) is 11.6 Å². The van der Waals surface area contributed by atoms with E-state index in [1.807, 2.05) is 0 Å². The molecule has 0 saturated carbocycles. The van der Waals surface area contributed by atoms with Gasteiger partial charge in [0, 0.05) is 15.3 Å². The van der Waals surface area contributed by atoms with Crippen LogP contribution in [0.1, 0.15) is 45.0 Å². The van der Waals surface area contributed by atoms with E-state index in [1.165, 1.54) is 41.8 Å². The summed E-state index contributed by atoms with van der Waals surface area (Å²) in [6.07, 6.45) is 5.93. The summed E-state index contributed by atoms with van der Waals surface area (Å²) in [5.41, 5.74) is 1.74. The number of aryl methyl sites for hydroxylation is 2. The number of hydrogen-bond acceptors (Lipinski definition) is 1. The van der Waals surface area contributed by atoms with Crippen LogP contribution in [0.3, 0.4) is 0 Å². The molecule has 0 radical (unpaired) electrons. The molecule has 0 N–H and O–H groups in total. The summed E-state index contributed by atoms with van der Waals surface area (Å²) in [4.78, 5) is 2.17. The van der Waals surface area contributed by atoms with E-state index >= 15 is 0 Å². The van der Waals surface area contributed by atoms with Crippen molar-refractivity contribution >= 4 is 43.2 Å². The summed E-state index contributed by atoms with van der Waals surface area (Å²) in [6, 6.07) is 4.62. The molecule has 21 heavy (non-hydrogen) atoms. The molecule has 1 atom stereocenters. The van der Waals surface area contributed by atoms with Gasteiger partial charge >= 0.3 is 0 Å². The van der Waals surface area contributed by atoms with Crippen LogP contribution in [0.25, 0.3) is 0 Å². The molecule has 0 spiro atoms. The van der Waals surface area contributed by atoms with Crippen LogP contribution in [0.2, 0.25) is 0 Å². The van der Waals surface area contributed by atoms with Crippen molar-refractivity contribution in [3.63, 3.8) is 0 Å². The second kappa shape index (κ2) is 6.47. The van der Waals surface area contributed by atoms with Crippen LogP contribution in [0, 0.1) is 11.6 Å². The normalized spacial score (nSPS) is 16.4. The van der Waals surface area contributed by atoms with Crippen molar-refractivity contribution in [3.8, 4) is 0 Å². The van der Waals surface area contributed by atoms with Crippen LogP contribution < -0.4 is 0 Å². The zero-order valence-corrected chi connectivity index (χ0v) is 15.3. The van der Waals surface area contributed by atoms with E-state index in [-0.39, 0.29) is 9.30 Å². The fraction of sp³-hybridized carbons (Fsp3) is 0.375. The van der Waals surface area contributed by atoms with E-state index in [0.717, 1.165) is 17.7 Å². The Morgan fingerprint density at radius 1 is 1.00 bits per heavy atom. The van der Waals surface area contributed by atoms with Crippen molar-refractivity contribution in [2.45, 2.75) is 36.9 Å². The van der Waals surface area contributed by atoms with Crippen LogP contribution >= 0.6 is 43.2 Å². The number of rotatable bonds is 2. The molecule has 1 aliphatic carbocycles. The Morgan fingerprint density at radius 3 is 2.57 bits per heavy atom. The van der Waals surface area contributed by atoms with Gasteiger partial charge in [0.2, 0.25) is 0 Å². The second-order valence-corrected chi connectivity index (χ2v) is 8.25. The third-order valence-corrected chi connectivity index (χ3v) is 7.03. The number of fused-ring (bicyclic) bond motifs is 1. The van der Waals surface area contributed by atoms with Gasteiger partial charge in [-0.2, -0.15) is 0 Å². The summed E-state index contributed by atoms with van der Waals surface area (Å²) < 4.78 is 27.9. The molecular formula is C16H14Br2F2S. The Labute approximate surface area is 143 Å². The molecule has 0 amide bonds. The fourth-order valence-corrected chi connectivity index (χ4v) is 5.03. The monoisotopic (exact) mass is 434 g/mol. The molecule has 1 heterocycles. The minimum atomic E-state index is -0.436. The van der Waals surface area contributed by atoms with Crippen LogP contribution in [-0.4, -0.2) is 0 Å². The van der Waals surface area contributed by atoms with E-state index in [0.29, 0.717) is 5.56 Å². The van der Waals surface area contributed by atoms with Crippen LogP contribution in [-0.2, 0) is 12.8 Å². The maximum atomic E-state index is 14.1. The van der Waals surface area contributed by atoms with Crippen molar-refractivity contribution in [1.82, 2.24) is 0 Å². The maximum absolute atomic E-state index is 14.1. The number of thiophene rings is 1. The van der Waals surface area contributed by atoms with Crippen molar-refractivity contribution < 1.29 is 8.78 Å². The van der Waals surface area contributed by atoms with E-state index in [2.05, 4.69) is 37.9 Å². The van der Waals surface area contributed by atoms with E-state index in [1.54, 1.807) is 11.3 Å². The van der Waals surface area contributed by atoms with Gasteiger partial charge in [-0.15, -0.1) is 11.3 Å². The van der Waals surface area contributed by atoms with E-state index in [4.69, 9.17) is 0 Å². The lowest BCUT2D eigenvalue weighted by Gasteiger charge is -2.10. The van der Waals surface area contributed by atoms with Gasteiger partial charge in [-0.05, 0) is 65.4 Å². The predicted octanol–water partition coefficient (Wildman–Crippen LogP) is 6.54. The molecule has 1 aromatic carbocycles. The van der Waals surface area contributed by atoms with Crippen molar-refractivity contribution in [2.24, 2.45) is 0 Å². The standard InChI is InChI=1S/C16H14Br2F2S/c17-11-8-12(19)10(7-13(11)20)16(18)15-6-9-4-2-1-3-5-14(9)21-15/h6-8,16H,1-5H2. The number of halogens is 4. The fourth-order valence-electron chi connectivity index (χ4n) is 2.70. The van der Waals surface area contributed by atoms with Gasteiger partial charge in [0.15, 0.2) is 0 Å². The average Bonchev–Trinajstić information content (AvgIpc) is 2.73. The lowest BCUT2D eigenvalue weighted by atomic mass is 10.1. The first kappa shape index (κ1) is 15.6. The van der Waals surface area contributed by atoms with Gasteiger partial charge < -0.3 is 0 Å². The number of alkyl halides is 1. The topological polar surface area (TPSA) is 0 Å². The van der Waals surface area contributed by atoms with Crippen molar-refractivity contribution in [1.29, 1.82) is 0 Å². The van der Waals surface area contributed by atoms with Crippen molar-refractivity contribution in [2.75, 3.05) is 0 Å². The molecule has 112 valence electrons. The van der Waals surface area contributed by atoms with Gasteiger partial charge in [-0.3, -0.25) is 0 Å². The molecule has 0 aliphatic heterocycles. The van der Waals surface area contributed by atoms with Gasteiger partial charge in [-0.1, -0.05) is 22.4 Å². The van der Waals surface area contributed by atoms with Gasteiger partial charge in [0.25, 0.3) is 0 Å². The minimum absolute atomic E-state index is 0.158. The smallest absolute Gasteiger partial charge is 0.137 e. The van der Waals surface area contributed by atoms with Crippen LogP contribution in [0.5, 0.6) is 0 Å². The van der Waals surface area contributed by atoms with E-state index < -0.39 is 11.6 Å². The number of hydrogen-bond donors (Lipinski definition) is 0. The summed E-state index contributed by atoms with van der Waals surface area (Å²) in [5.74, 6) is -0.831. The molecule has 5 heteroatoms. The third-order valence-electron chi connectivity index (χ3n) is 3.83. The molecule has 1 aliphatic rings. The third kappa shape index (κ3) is 3.25. The zero-order chi connectivity index (χ0) is 15.0. The summed E-state index contributed by atoms with van der Waals surface area (Å²) in [5, 5.41) is 0. The molecule has 0 nitrogen and oxygen atoms in total. The first-order chi connectivity index (χ1) is 10.1. The van der Waals surface area contributed by atoms with Crippen LogP contribution in [0.4, 0.5) is 8.78 Å². The quantitative estimate of drug-likeness (QED) is 0.285. The lowest BCUT2D eigenvalue weighted by molar-refractivity contribution is 0.583. The summed E-state index contributed by atoms with van der Waals surface area (Å²) >= 11 is 8.27. The summed E-state index contributed by atoms with van der Waals surface area (Å²) in [6.45, 7) is 0. The van der Waals surface area contributed by atoms with Gasteiger partial charge in [-0.25, -0.2) is 8.78 Å². The molecular weight excluding hydrogens is 422 g/mol. The highest BCUT2D eigenvalue weighted by Crippen LogP contribution is 2.40. The SMILES string of the molecule is Fc1cc(C(Br)c2cc3c(s2)CCCCC3)c(F)cc1Br. The van der Waals surface area contributed by atoms with Crippen LogP contribution in [0.15, 0.2) is 22.7 Å². The zero-order valence-electron chi connectivity index (χ0n) is 11.3. The highest BCUT2D eigenvalue weighted by molar-refractivity contribution is 9.10. The molecule has 0 fully saturated rings. The average molecular weight is 436 g/mol.